The van der Waals surface area contributed by atoms with Crippen LogP contribution in [0.15, 0.2) is 47.5 Å². The molecule has 2 aromatic heterocycles. The van der Waals surface area contributed by atoms with Crippen molar-refractivity contribution < 1.29 is 9.53 Å². The van der Waals surface area contributed by atoms with Gasteiger partial charge in [0.15, 0.2) is 0 Å². The summed E-state index contributed by atoms with van der Waals surface area (Å²) in [5, 5.41) is 9.13. The molecule has 0 aliphatic heterocycles. The zero-order valence-electron chi connectivity index (χ0n) is 18.7. The van der Waals surface area contributed by atoms with Gasteiger partial charge in [-0.1, -0.05) is 0 Å². The number of hydrogen-bond acceptors (Lipinski definition) is 8. The highest BCUT2D eigenvalue weighted by Crippen LogP contribution is 2.38. The van der Waals surface area contributed by atoms with Crippen molar-refractivity contribution >= 4 is 23.4 Å². The monoisotopic (exact) mass is 449 g/mol. The van der Waals surface area contributed by atoms with Crippen molar-refractivity contribution in [3.8, 4) is 5.75 Å². The Balaban J connectivity index is 1.25. The quantitative estimate of drug-likeness (QED) is 0.403. The Hall–Kier alpha value is -3.95. The number of nitrogens with zero attached hydrogens (tertiary/aromatic N) is 4. The number of methoxy groups -OCH3 is 1. The Labute approximate surface area is 191 Å². The van der Waals surface area contributed by atoms with Gasteiger partial charge in [-0.25, -0.2) is 9.97 Å². The predicted octanol–water partition coefficient (Wildman–Crippen LogP) is 2.20. The lowest BCUT2D eigenvalue weighted by Gasteiger charge is -2.11. The summed E-state index contributed by atoms with van der Waals surface area (Å²) >= 11 is 0. The minimum Gasteiger partial charge on any atom is -0.497 e. The van der Waals surface area contributed by atoms with Crippen molar-refractivity contribution in [2.75, 3.05) is 30.8 Å². The number of anilines is 3. The van der Waals surface area contributed by atoms with Gasteiger partial charge < -0.3 is 20.7 Å². The summed E-state index contributed by atoms with van der Waals surface area (Å²) in [5.41, 5.74) is 2.29. The smallest absolute Gasteiger partial charge is 0.254 e. The van der Waals surface area contributed by atoms with E-state index in [1.54, 1.807) is 7.11 Å². The summed E-state index contributed by atoms with van der Waals surface area (Å²) in [7, 11) is 1.62. The van der Waals surface area contributed by atoms with Crippen LogP contribution in [0.4, 0.5) is 17.5 Å². The fourth-order valence-corrected chi connectivity index (χ4v) is 3.28. The molecule has 172 valence electrons. The van der Waals surface area contributed by atoms with Gasteiger partial charge in [-0.15, -0.1) is 0 Å². The van der Waals surface area contributed by atoms with Crippen LogP contribution in [0, 0.1) is 6.92 Å². The van der Waals surface area contributed by atoms with Gasteiger partial charge in [0.05, 0.1) is 19.1 Å². The van der Waals surface area contributed by atoms with Crippen LogP contribution in [0.3, 0.4) is 0 Å². The molecule has 2 heterocycles. The number of hydrogen-bond donors (Lipinski definition) is 3. The van der Waals surface area contributed by atoms with Gasteiger partial charge in [-0.2, -0.15) is 4.98 Å². The molecular weight excluding hydrogens is 422 g/mol. The lowest BCUT2D eigenvalue weighted by molar-refractivity contribution is -0.121. The van der Waals surface area contributed by atoms with Gasteiger partial charge in [-0.05, 0) is 44.0 Å². The first-order valence-electron chi connectivity index (χ1n) is 10.8. The van der Waals surface area contributed by atoms with Crippen molar-refractivity contribution in [2.45, 2.75) is 32.2 Å². The van der Waals surface area contributed by atoms with Crippen LogP contribution in [-0.2, 0) is 11.3 Å². The van der Waals surface area contributed by atoms with E-state index in [-0.39, 0.29) is 18.0 Å². The van der Waals surface area contributed by atoms with E-state index in [2.05, 4.69) is 30.9 Å². The summed E-state index contributed by atoms with van der Waals surface area (Å²) < 4.78 is 6.49. The van der Waals surface area contributed by atoms with Gasteiger partial charge in [0.1, 0.15) is 18.1 Å². The minimum atomic E-state index is -0.258. The topological polar surface area (TPSA) is 123 Å². The standard InChI is InChI=1S/C23H27N7O3/c1-15-11-20(28-17-5-7-18(33-2)8-6-17)29-23(27-15)25-10-9-24-21(31)13-30-14-26-19(12-22(30)32)16-3-4-16/h5-8,11-12,14,16H,3-4,9-10,13H2,1-2H3,(H,24,31)(H2,25,27,28,29). The second kappa shape index (κ2) is 10.1. The first-order valence-corrected chi connectivity index (χ1v) is 10.8. The molecule has 1 aliphatic rings. The number of carbonyl (C=O) groups excluding carboxylic acids is 1. The molecule has 1 aromatic carbocycles. The molecule has 1 amide bonds. The Morgan fingerprint density at radius 1 is 1.15 bits per heavy atom. The average Bonchev–Trinajstić information content (AvgIpc) is 3.64. The Morgan fingerprint density at radius 3 is 2.64 bits per heavy atom. The lowest BCUT2D eigenvalue weighted by atomic mass is 10.3. The summed E-state index contributed by atoms with van der Waals surface area (Å²) in [6.07, 6.45) is 3.60. The van der Waals surface area contributed by atoms with Gasteiger partial charge >= 0.3 is 0 Å². The van der Waals surface area contributed by atoms with Crippen LogP contribution in [0.2, 0.25) is 0 Å². The minimum absolute atomic E-state index is 0.0619. The molecular formula is C23H27N7O3. The molecule has 0 bridgehead atoms. The highest BCUT2D eigenvalue weighted by molar-refractivity contribution is 5.75. The largest absolute Gasteiger partial charge is 0.497 e. The molecule has 3 N–H and O–H groups in total. The van der Waals surface area contributed by atoms with Gasteiger partial charge in [0.25, 0.3) is 5.56 Å². The first kappa shape index (κ1) is 22.3. The maximum atomic E-state index is 12.2. The Kier molecular flexibility index (Phi) is 6.82. The van der Waals surface area contributed by atoms with Gasteiger partial charge in [0, 0.05) is 42.5 Å². The Bertz CT molecular complexity index is 1170. The molecule has 0 atom stereocenters. The molecule has 0 saturated heterocycles. The summed E-state index contributed by atoms with van der Waals surface area (Å²) in [6.45, 7) is 2.62. The maximum absolute atomic E-state index is 12.2. The van der Waals surface area contributed by atoms with E-state index in [0.717, 1.165) is 35.7 Å². The number of aryl methyl sites for hydroxylation is 1. The Morgan fingerprint density at radius 2 is 1.94 bits per heavy atom. The van der Waals surface area contributed by atoms with Crippen LogP contribution >= 0.6 is 0 Å². The third kappa shape index (κ3) is 6.28. The second-order valence-corrected chi connectivity index (χ2v) is 7.90. The molecule has 0 unspecified atom stereocenters. The molecule has 3 aromatic rings. The molecule has 4 rings (SSSR count). The number of amides is 1. The third-order valence-corrected chi connectivity index (χ3v) is 5.16. The van der Waals surface area contributed by atoms with Crippen LogP contribution < -0.4 is 26.2 Å². The van der Waals surface area contributed by atoms with E-state index >= 15 is 0 Å². The molecule has 10 nitrogen and oxygen atoms in total. The van der Waals surface area contributed by atoms with Crippen molar-refractivity contribution in [1.82, 2.24) is 24.8 Å². The second-order valence-electron chi connectivity index (χ2n) is 7.90. The first-order chi connectivity index (χ1) is 16.0. The van der Waals surface area contributed by atoms with Crippen molar-refractivity contribution in [3.63, 3.8) is 0 Å². The number of rotatable bonds is 10. The number of carbonyl (C=O) groups is 1. The van der Waals surface area contributed by atoms with Crippen LogP contribution in [-0.4, -0.2) is 45.6 Å². The highest BCUT2D eigenvalue weighted by atomic mass is 16.5. The third-order valence-electron chi connectivity index (χ3n) is 5.16. The maximum Gasteiger partial charge on any atom is 0.254 e. The van der Waals surface area contributed by atoms with Crippen molar-refractivity contribution in [3.05, 3.63) is 64.5 Å². The molecule has 33 heavy (non-hydrogen) atoms. The van der Waals surface area contributed by atoms with Crippen molar-refractivity contribution in [2.24, 2.45) is 0 Å². The molecule has 1 fully saturated rings. The van der Waals surface area contributed by atoms with E-state index in [9.17, 15) is 9.59 Å². The van der Waals surface area contributed by atoms with Gasteiger partial charge in [0.2, 0.25) is 11.9 Å². The fraction of sp³-hybridized carbons (Fsp3) is 0.348. The van der Waals surface area contributed by atoms with E-state index in [1.807, 2.05) is 37.3 Å². The number of benzene rings is 1. The molecule has 1 aliphatic carbocycles. The van der Waals surface area contributed by atoms with E-state index in [1.165, 1.54) is 17.0 Å². The normalized spacial score (nSPS) is 12.8. The summed E-state index contributed by atoms with van der Waals surface area (Å²) in [6, 6.07) is 10.9. The summed E-state index contributed by atoms with van der Waals surface area (Å²) in [5.74, 6) is 2.03. The number of aromatic nitrogens is 4. The van der Waals surface area contributed by atoms with E-state index in [4.69, 9.17) is 4.74 Å². The SMILES string of the molecule is COc1ccc(Nc2cc(C)nc(NCCNC(=O)Cn3cnc(C4CC4)cc3=O)n2)cc1. The zero-order chi connectivity index (χ0) is 23.2. The van der Waals surface area contributed by atoms with E-state index < -0.39 is 0 Å². The molecule has 10 heteroatoms. The fourth-order valence-electron chi connectivity index (χ4n) is 3.28. The van der Waals surface area contributed by atoms with Crippen LogP contribution in [0.25, 0.3) is 0 Å². The molecule has 0 spiro atoms. The highest BCUT2D eigenvalue weighted by Gasteiger charge is 2.25. The molecule has 1 saturated carbocycles. The van der Waals surface area contributed by atoms with Crippen LogP contribution in [0.5, 0.6) is 5.75 Å². The number of ether oxygens (including phenoxy) is 1. The number of nitrogens with one attached hydrogen (secondary N) is 3. The van der Waals surface area contributed by atoms with Crippen molar-refractivity contribution in [1.29, 1.82) is 0 Å². The van der Waals surface area contributed by atoms with Crippen LogP contribution in [0.1, 0.15) is 30.1 Å². The molecule has 0 radical (unpaired) electrons. The van der Waals surface area contributed by atoms with Gasteiger partial charge in [-0.3, -0.25) is 14.2 Å². The van der Waals surface area contributed by atoms with E-state index in [0.29, 0.717) is 30.8 Å². The predicted molar refractivity (Wildman–Crippen MR) is 125 cm³/mol. The zero-order valence-corrected chi connectivity index (χ0v) is 18.7. The average molecular weight is 450 g/mol. The lowest BCUT2D eigenvalue weighted by Crippen LogP contribution is -2.35. The summed E-state index contributed by atoms with van der Waals surface area (Å²) in [4.78, 5) is 37.5.